The predicted molar refractivity (Wildman–Crippen MR) is 236 cm³/mol. The molecule has 15 heteroatoms. The van der Waals surface area contributed by atoms with Gasteiger partial charge in [-0.2, -0.15) is 15.3 Å². The molecule has 1 saturated carbocycles. The maximum Gasteiger partial charge on any atom is 0.267 e. The van der Waals surface area contributed by atoms with Crippen LogP contribution in [-0.2, 0) is 5.60 Å². The van der Waals surface area contributed by atoms with E-state index in [9.17, 15) is 20.6 Å². The maximum atomic E-state index is 9.60. The van der Waals surface area contributed by atoms with Crippen LogP contribution in [0.1, 0.15) is 234 Å². The van der Waals surface area contributed by atoms with E-state index in [-0.39, 0.29) is 18.6 Å². The highest BCUT2D eigenvalue weighted by Crippen LogP contribution is 2.40. The highest BCUT2D eigenvalue weighted by atomic mass is 16.5. The van der Waals surface area contributed by atoms with E-state index in [4.69, 9.17) is 5.11 Å². The van der Waals surface area contributed by atoms with Gasteiger partial charge in [0.2, 0.25) is 0 Å². The number of aromatic nitrogens is 10. The van der Waals surface area contributed by atoms with Crippen LogP contribution in [0.15, 0.2) is 30.3 Å². The van der Waals surface area contributed by atoms with Crippen molar-refractivity contribution in [1.29, 1.82) is 0 Å². The van der Waals surface area contributed by atoms with Crippen LogP contribution in [0.5, 0.6) is 0 Å². The molecule has 60 heavy (non-hydrogen) atoms. The van der Waals surface area contributed by atoms with Crippen molar-refractivity contribution in [1.82, 2.24) is 45.6 Å². The molecule has 0 aromatic carbocycles. The van der Waals surface area contributed by atoms with Gasteiger partial charge >= 0.3 is 0 Å². The molecular formula is C45H79N10O5+. The number of aliphatic hydroxyl groups excluding tert-OH is 2. The molecule has 3 atom stereocenters. The lowest BCUT2D eigenvalue weighted by atomic mass is 10.0. The fraction of sp³-hybridized carbons (Fsp3) is 0.667. The van der Waals surface area contributed by atoms with E-state index in [0.29, 0.717) is 53.0 Å². The summed E-state index contributed by atoms with van der Waals surface area (Å²) < 4.78 is 0. The fourth-order valence-electron chi connectivity index (χ4n) is 5.53. The van der Waals surface area contributed by atoms with Crippen LogP contribution in [0.25, 0.3) is 0 Å². The lowest BCUT2D eigenvalue weighted by molar-refractivity contribution is -0.951. The molecule has 5 aromatic heterocycles. The van der Waals surface area contributed by atoms with Gasteiger partial charge in [-0.15, -0.1) is 15.0 Å². The molecule has 6 rings (SSSR count). The Balaban J connectivity index is 0.000000258. The van der Waals surface area contributed by atoms with Crippen molar-refractivity contribution in [2.24, 2.45) is 0 Å². The van der Waals surface area contributed by atoms with Crippen LogP contribution in [0.3, 0.4) is 0 Å². The maximum absolute atomic E-state index is 9.60. The quantitative estimate of drug-likeness (QED) is 0.0457. The highest BCUT2D eigenvalue weighted by molar-refractivity contribution is 5.22. The molecule has 0 bridgehead atoms. The summed E-state index contributed by atoms with van der Waals surface area (Å²) in [6, 6.07) is 9.95. The molecular weight excluding hydrogens is 761 g/mol. The lowest BCUT2D eigenvalue weighted by Crippen LogP contribution is -2.36. The van der Waals surface area contributed by atoms with Gasteiger partial charge in [0.05, 0.1) is 51.7 Å². The van der Waals surface area contributed by atoms with Crippen LogP contribution in [-0.4, -0.2) is 84.1 Å². The summed E-state index contributed by atoms with van der Waals surface area (Å²) in [4.78, 5) is 2.10. The molecule has 1 fully saturated rings. The number of H-pyrrole nitrogens is 4. The van der Waals surface area contributed by atoms with Crippen LogP contribution >= 0.6 is 0 Å². The van der Waals surface area contributed by atoms with Crippen molar-refractivity contribution in [2.75, 3.05) is 6.61 Å². The van der Waals surface area contributed by atoms with E-state index in [1.165, 1.54) is 0 Å². The SMILES string of the molecule is CC(C)c1cc(C(C)(C)O)n[nH]1.CC(C)c1cc(C(C)C)[n+](O)[nH]1.CC(C)c1cc(C(C)C)n(O)n1.CC(C)c1cc(C(C)CO)[nH]n1.CC(C)c1cc(C2CC2O)[nH]n1. The second-order valence-corrected chi connectivity index (χ2v) is 18.7. The number of nitrogens with zero attached hydrogens (tertiary/aromatic N) is 6. The Morgan fingerprint density at radius 2 is 1.18 bits per heavy atom. The summed E-state index contributed by atoms with van der Waals surface area (Å²) in [7, 11) is 0. The van der Waals surface area contributed by atoms with Gasteiger partial charge in [0.1, 0.15) is 5.60 Å². The van der Waals surface area contributed by atoms with Crippen LogP contribution in [0.4, 0.5) is 0 Å². The summed E-state index contributed by atoms with van der Waals surface area (Å²) in [5.74, 6) is 3.27. The van der Waals surface area contributed by atoms with Gasteiger partial charge in [-0.3, -0.25) is 20.5 Å². The average Bonchev–Trinajstić information content (AvgIpc) is 3.85. The van der Waals surface area contributed by atoms with E-state index in [2.05, 4.69) is 130 Å². The number of nitrogens with one attached hydrogen (secondary N) is 4. The van der Waals surface area contributed by atoms with Crippen molar-refractivity contribution in [3.63, 3.8) is 0 Å². The van der Waals surface area contributed by atoms with Crippen LogP contribution in [0.2, 0.25) is 0 Å². The molecule has 15 nitrogen and oxygen atoms in total. The first-order valence-electron chi connectivity index (χ1n) is 21.6. The van der Waals surface area contributed by atoms with Gasteiger partial charge in [0.15, 0.2) is 0 Å². The first kappa shape index (κ1) is 51.7. The van der Waals surface area contributed by atoms with Gasteiger partial charge < -0.3 is 20.5 Å². The Kier molecular flexibility index (Phi) is 19.8. The molecule has 3 unspecified atom stereocenters. The molecule has 0 radical (unpaired) electrons. The first-order chi connectivity index (χ1) is 27.8. The van der Waals surface area contributed by atoms with Crippen molar-refractivity contribution in [3.05, 3.63) is 87.3 Å². The third kappa shape index (κ3) is 15.9. The standard InChI is InChI=1S/C9H14N2O.4C9H16N2O/c1-5(2)7-4-8(11-10-7)6-3-9(6)12;1-6(2)7-5-8(11-10-7)9(3,4)12;1-6(2)8-4-9(11-10-8)7(3)5-12;2*1-6(2)8-5-9(7(3)4)11(12)10-8/h4-6,9,12H,3H2,1-2H3,(H,10,11);5-6,12H,1-4H3,(H,10,11);4,6-7,12H,5H2,1-3H3,(H,10,11);2*5-7,12H,1-4H3/p+1. The Bertz CT molecular complexity index is 1850. The molecule has 0 amide bonds. The number of hydrogen-bond donors (Lipinski definition) is 9. The van der Waals surface area contributed by atoms with Crippen molar-refractivity contribution >= 4 is 0 Å². The van der Waals surface area contributed by atoms with E-state index < -0.39 is 5.60 Å². The largest absolute Gasteiger partial charge is 0.411 e. The van der Waals surface area contributed by atoms with E-state index >= 15 is 0 Å². The van der Waals surface area contributed by atoms with E-state index in [1.54, 1.807) is 13.8 Å². The Hall–Kier alpha value is -4.47. The Labute approximate surface area is 358 Å². The third-order valence-corrected chi connectivity index (χ3v) is 10.1. The highest BCUT2D eigenvalue weighted by Gasteiger charge is 2.38. The van der Waals surface area contributed by atoms with E-state index in [1.807, 2.05) is 45.0 Å². The molecule has 0 spiro atoms. The molecule has 1 aliphatic rings. The Morgan fingerprint density at radius 3 is 1.50 bits per heavy atom. The zero-order chi connectivity index (χ0) is 45.8. The zero-order valence-electron chi connectivity index (χ0n) is 39.5. The monoisotopic (exact) mass is 840 g/mol. The molecule has 338 valence electrons. The first-order valence-corrected chi connectivity index (χ1v) is 21.6. The zero-order valence-corrected chi connectivity index (χ0v) is 39.5. The average molecular weight is 840 g/mol. The van der Waals surface area contributed by atoms with E-state index in [0.717, 1.165) is 67.4 Å². The minimum atomic E-state index is -0.844. The summed E-state index contributed by atoms with van der Waals surface area (Å²) in [5.41, 5.74) is 8.99. The molecule has 0 aliphatic heterocycles. The number of aromatic amines is 4. The van der Waals surface area contributed by atoms with Gasteiger partial charge in [0, 0.05) is 40.9 Å². The van der Waals surface area contributed by atoms with Crippen molar-refractivity contribution < 1.29 is 30.6 Å². The number of hydrogen-bond acceptors (Lipinski definition) is 9. The van der Waals surface area contributed by atoms with Crippen molar-refractivity contribution in [2.45, 2.75) is 189 Å². The smallest absolute Gasteiger partial charge is 0.267 e. The third-order valence-electron chi connectivity index (χ3n) is 10.1. The minimum absolute atomic E-state index is 0.134. The van der Waals surface area contributed by atoms with Crippen LogP contribution < -0.4 is 4.85 Å². The summed E-state index contributed by atoms with van der Waals surface area (Å²) in [6.07, 6.45) is 0.755. The van der Waals surface area contributed by atoms with Gasteiger partial charge in [-0.25, -0.2) is 0 Å². The van der Waals surface area contributed by atoms with Gasteiger partial charge in [-0.05, 0) is 80.0 Å². The number of rotatable bonds is 11. The summed E-state index contributed by atoms with van der Waals surface area (Å²) in [6.45, 7) is 34.7. The van der Waals surface area contributed by atoms with Gasteiger partial charge in [-0.1, -0.05) is 104 Å². The lowest BCUT2D eigenvalue weighted by Gasteiger charge is -2.12. The molecule has 1 aliphatic carbocycles. The van der Waals surface area contributed by atoms with Crippen molar-refractivity contribution in [3.8, 4) is 0 Å². The molecule has 0 saturated heterocycles. The second-order valence-electron chi connectivity index (χ2n) is 18.7. The topological polar surface area (TPSA) is 225 Å². The van der Waals surface area contributed by atoms with Crippen LogP contribution in [0, 0.1) is 0 Å². The minimum Gasteiger partial charge on any atom is -0.411 e. The summed E-state index contributed by atoms with van der Waals surface area (Å²) in [5, 5.41) is 74.5. The molecule has 5 heterocycles. The normalized spacial score (nSPS) is 15.4. The molecule has 5 aromatic rings. The van der Waals surface area contributed by atoms with Gasteiger partial charge in [0.25, 0.3) is 5.69 Å². The summed E-state index contributed by atoms with van der Waals surface area (Å²) >= 11 is 0. The molecule has 9 N–H and O–H groups in total. The number of aliphatic hydroxyl groups is 3. The predicted octanol–water partition coefficient (Wildman–Crippen LogP) is 8.92. The second kappa shape index (κ2) is 22.9. The Morgan fingerprint density at radius 1 is 0.667 bits per heavy atom. The fourth-order valence-corrected chi connectivity index (χ4v) is 5.53.